The summed E-state index contributed by atoms with van der Waals surface area (Å²) in [6.45, 7) is -0.161. The number of ether oxygens (including phenoxy) is 1. The smallest absolute Gasteiger partial charge is 0.345 e. The Morgan fingerprint density at radius 3 is 2.64 bits per heavy atom. The molecule has 1 fully saturated rings. The molecule has 2 atom stereocenters. The van der Waals surface area contributed by atoms with Crippen LogP contribution >= 0.6 is 23.4 Å². The first kappa shape index (κ1) is 19.9. The van der Waals surface area contributed by atoms with Gasteiger partial charge in [-0.05, 0) is 29.8 Å². The third-order valence-electron chi connectivity index (χ3n) is 3.88. The van der Waals surface area contributed by atoms with E-state index in [2.05, 4.69) is 0 Å². The van der Waals surface area contributed by atoms with Gasteiger partial charge in [0.25, 0.3) is 10.8 Å². The van der Waals surface area contributed by atoms with Crippen LogP contribution in [-0.4, -0.2) is 37.7 Å². The predicted molar refractivity (Wildman–Crippen MR) is 98.4 cm³/mol. The van der Waals surface area contributed by atoms with E-state index in [0.29, 0.717) is 5.56 Å². The predicted octanol–water partition coefficient (Wildman–Crippen LogP) is 2.93. The van der Waals surface area contributed by atoms with Crippen molar-refractivity contribution in [2.24, 2.45) is 0 Å². The van der Waals surface area contributed by atoms with Crippen LogP contribution in [0, 0.1) is 10.1 Å². The molecule has 1 aliphatic heterocycles. The van der Waals surface area contributed by atoms with Crippen molar-refractivity contribution in [3.05, 3.63) is 64.1 Å². The summed E-state index contributed by atoms with van der Waals surface area (Å²) in [4.78, 5) is 47.2. The first-order chi connectivity index (χ1) is 13.4. The standard InChI is InChI=1S/C17H13ClN2O7S/c18-15(16(22)27-9-10-3-5-11(6-4-10)20(24)25)19-13(21)8-14(19)28-17(23)12-2-1-7-26-12/h1-7,14-15H,8-9H2/t14-,15?/m0/s1. The van der Waals surface area contributed by atoms with E-state index in [-0.39, 0.29) is 35.5 Å². The van der Waals surface area contributed by atoms with Gasteiger partial charge in [0, 0.05) is 12.1 Å². The van der Waals surface area contributed by atoms with Crippen LogP contribution in [0.3, 0.4) is 0 Å². The van der Waals surface area contributed by atoms with Crippen molar-refractivity contribution in [3.8, 4) is 0 Å². The number of rotatable bonds is 7. The molecule has 2 heterocycles. The lowest BCUT2D eigenvalue weighted by molar-refractivity contribution is -0.384. The number of halogens is 1. The van der Waals surface area contributed by atoms with Gasteiger partial charge in [-0.2, -0.15) is 0 Å². The number of likely N-dealkylation sites (tertiary alicyclic amines) is 1. The number of non-ortho nitro benzene ring substituents is 1. The van der Waals surface area contributed by atoms with Gasteiger partial charge in [0.2, 0.25) is 11.4 Å². The highest BCUT2D eigenvalue weighted by Crippen LogP contribution is 2.35. The minimum atomic E-state index is -1.39. The zero-order valence-corrected chi connectivity index (χ0v) is 15.7. The summed E-state index contributed by atoms with van der Waals surface area (Å²) in [5, 5.41) is 9.65. The molecule has 1 saturated heterocycles. The Morgan fingerprint density at radius 1 is 1.36 bits per heavy atom. The fourth-order valence-electron chi connectivity index (χ4n) is 2.40. The molecule has 2 aromatic rings. The van der Waals surface area contributed by atoms with Gasteiger partial charge in [-0.15, -0.1) is 0 Å². The molecule has 0 saturated carbocycles. The SMILES string of the molecule is O=C(S[C@H]1CC(=O)N1C(Cl)C(=O)OCc1ccc([N+](=O)[O-])cc1)c1ccco1. The highest BCUT2D eigenvalue weighted by atomic mass is 35.5. The molecule has 0 aliphatic carbocycles. The molecule has 0 spiro atoms. The fourth-order valence-corrected chi connectivity index (χ4v) is 3.83. The van der Waals surface area contributed by atoms with E-state index in [0.717, 1.165) is 16.7 Å². The van der Waals surface area contributed by atoms with Crippen molar-refractivity contribution in [3.63, 3.8) is 0 Å². The second-order valence-electron chi connectivity index (χ2n) is 5.71. The second-order valence-corrected chi connectivity index (χ2v) is 7.27. The summed E-state index contributed by atoms with van der Waals surface area (Å²) in [6, 6.07) is 8.53. The van der Waals surface area contributed by atoms with Gasteiger partial charge in [-0.1, -0.05) is 23.4 Å². The van der Waals surface area contributed by atoms with Crippen molar-refractivity contribution < 1.29 is 28.5 Å². The van der Waals surface area contributed by atoms with Crippen LogP contribution in [0.25, 0.3) is 0 Å². The van der Waals surface area contributed by atoms with E-state index in [4.69, 9.17) is 20.8 Å². The molecule has 1 unspecified atom stereocenters. The van der Waals surface area contributed by atoms with Crippen LogP contribution in [0.5, 0.6) is 0 Å². The van der Waals surface area contributed by atoms with E-state index in [1.165, 1.54) is 36.6 Å². The van der Waals surface area contributed by atoms with E-state index in [1.807, 2.05) is 0 Å². The molecule has 1 aromatic heterocycles. The lowest BCUT2D eigenvalue weighted by Gasteiger charge is -2.40. The maximum atomic E-state index is 12.2. The van der Waals surface area contributed by atoms with Gasteiger partial charge in [-0.3, -0.25) is 19.7 Å². The summed E-state index contributed by atoms with van der Waals surface area (Å²) in [6.07, 6.45) is 1.42. The maximum Gasteiger partial charge on any atom is 0.345 e. The Labute approximate surface area is 167 Å². The van der Waals surface area contributed by atoms with Crippen molar-refractivity contribution in [2.45, 2.75) is 23.9 Å². The molecule has 1 aliphatic rings. The number of alkyl halides is 1. The monoisotopic (exact) mass is 424 g/mol. The molecule has 9 nitrogen and oxygen atoms in total. The summed E-state index contributed by atoms with van der Waals surface area (Å²) < 4.78 is 10.1. The Hall–Kier alpha value is -2.85. The molecule has 11 heteroatoms. The lowest BCUT2D eigenvalue weighted by Crippen LogP contribution is -2.57. The average Bonchev–Trinajstić information content (AvgIpc) is 3.20. The number of thioether (sulfide) groups is 1. The number of β-lactam (4-membered cyclic amide) rings is 1. The molecule has 146 valence electrons. The third kappa shape index (κ3) is 4.34. The number of nitro groups is 1. The van der Waals surface area contributed by atoms with Crippen LogP contribution in [0.15, 0.2) is 47.1 Å². The van der Waals surface area contributed by atoms with Crippen molar-refractivity contribution in [1.29, 1.82) is 0 Å². The average molecular weight is 425 g/mol. The number of nitrogens with zero attached hydrogens (tertiary/aromatic N) is 2. The Kier molecular flexibility index (Phi) is 6.00. The summed E-state index contributed by atoms with van der Waals surface area (Å²) in [5.41, 5.74) is -0.949. The molecule has 0 radical (unpaired) electrons. The van der Waals surface area contributed by atoms with Gasteiger partial charge in [0.15, 0.2) is 5.76 Å². The Bertz CT molecular complexity index is 901. The number of furan rings is 1. The Morgan fingerprint density at radius 2 is 2.07 bits per heavy atom. The highest BCUT2D eigenvalue weighted by Gasteiger charge is 2.45. The molecule has 0 bridgehead atoms. The van der Waals surface area contributed by atoms with Crippen molar-refractivity contribution in [1.82, 2.24) is 4.90 Å². The highest BCUT2D eigenvalue weighted by molar-refractivity contribution is 8.14. The third-order valence-corrected chi connectivity index (χ3v) is 5.35. The first-order valence-electron chi connectivity index (χ1n) is 7.96. The lowest BCUT2D eigenvalue weighted by atomic mass is 10.2. The van der Waals surface area contributed by atoms with Gasteiger partial charge < -0.3 is 14.1 Å². The van der Waals surface area contributed by atoms with Crippen molar-refractivity contribution >= 4 is 46.0 Å². The zero-order chi connectivity index (χ0) is 20.3. The number of carbonyl (C=O) groups is 3. The van der Waals surface area contributed by atoms with Crippen LogP contribution in [0.2, 0.25) is 0 Å². The fraction of sp³-hybridized carbons (Fsp3) is 0.235. The van der Waals surface area contributed by atoms with E-state index in [1.54, 1.807) is 6.07 Å². The topological polar surface area (TPSA) is 120 Å². The van der Waals surface area contributed by atoms with E-state index < -0.39 is 21.8 Å². The van der Waals surface area contributed by atoms with Gasteiger partial charge in [0.05, 0.1) is 23.0 Å². The van der Waals surface area contributed by atoms with Gasteiger partial charge >= 0.3 is 5.97 Å². The van der Waals surface area contributed by atoms with E-state index >= 15 is 0 Å². The molecular formula is C17H13ClN2O7S. The van der Waals surface area contributed by atoms with Gasteiger partial charge in [-0.25, -0.2) is 4.79 Å². The number of carbonyl (C=O) groups excluding carboxylic acids is 3. The normalized spacial score (nSPS) is 17.0. The minimum absolute atomic E-state index is 0.0654. The largest absolute Gasteiger partial charge is 0.460 e. The zero-order valence-electron chi connectivity index (χ0n) is 14.1. The quantitative estimate of drug-likeness (QED) is 0.166. The molecule has 0 N–H and O–H groups in total. The van der Waals surface area contributed by atoms with Gasteiger partial charge in [0.1, 0.15) is 6.61 Å². The molecule has 3 rings (SSSR count). The number of esters is 1. The van der Waals surface area contributed by atoms with Crippen LogP contribution < -0.4 is 0 Å². The van der Waals surface area contributed by atoms with Crippen LogP contribution in [0.1, 0.15) is 22.5 Å². The van der Waals surface area contributed by atoms with Crippen LogP contribution in [-0.2, 0) is 20.9 Å². The number of benzene rings is 1. The van der Waals surface area contributed by atoms with Crippen LogP contribution in [0.4, 0.5) is 5.69 Å². The summed E-state index contributed by atoms with van der Waals surface area (Å²) in [7, 11) is 0. The minimum Gasteiger partial charge on any atom is -0.460 e. The number of nitro benzene ring substituents is 1. The number of hydrogen-bond donors (Lipinski definition) is 0. The maximum absolute atomic E-state index is 12.2. The van der Waals surface area contributed by atoms with Crippen molar-refractivity contribution in [2.75, 3.05) is 0 Å². The second kappa shape index (κ2) is 8.44. The molecule has 28 heavy (non-hydrogen) atoms. The number of hydrogen-bond acceptors (Lipinski definition) is 8. The number of amides is 1. The summed E-state index contributed by atoms with van der Waals surface area (Å²) in [5.74, 6) is -1.10. The molecule has 1 amide bonds. The summed E-state index contributed by atoms with van der Waals surface area (Å²) >= 11 is 6.89. The molecule has 1 aromatic carbocycles. The first-order valence-corrected chi connectivity index (χ1v) is 9.28. The Balaban J connectivity index is 1.54. The van der Waals surface area contributed by atoms with E-state index in [9.17, 15) is 24.5 Å². The molecular weight excluding hydrogens is 412 g/mol.